The summed E-state index contributed by atoms with van der Waals surface area (Å²) in [6, 6.07) is 7.86. The van der Waals surface area contributed by atoms with Crippen LogP contribution in [0.5, 0.6) is 0 Å². The van der Waals surface area contributed by atoms with Gasteiger partial charge in [0, 0.05) is 24.1 Å². The van der Waals surface area contributed by atoms with Crippen LogP contribution in [0.3, 0.4) is 0 Å². The second kappa shape index (κ2) is 9.79. The minimum Gasteiger partial charge on any atom is -0.383 e. The van der Waals surface area contributed by atoms with E-state index in [4.69, 9.17) is 16.7 Å². The van der Waals surface area contributed by atoms with E-state index in [1.165, 1.54) is 0 Å². The van der Waals surface area contributed by atoms with Crippen LogP contribution in [-0.2, 0) is 17.8 Å². The fourth-order valence-corrected chi connectivity index (χ4v) is 3.26. The smallest absolute Gasteiger partial charge is 0.243 e. The topological polar surface area (TPSA) is 158 Å². The van der Waals surface area contributed by atoms with Crippen LogP contribution in [0.2, 0.25) is 0 Å². The largest absolute Gasteiger partial charge is 0.383 e. The highest BCUT2D eigenvalue weighted by molar-refractivity contribution is 5.78. The van der Waals surface area contributed by atoms with Crippen molar-refractivity contribution < 1.29 is 10.0 Å². The number of hydrogen-bond donors (Lipinski definition) is 4. The molecule has 3 aromatic rings. The van der Waals surface area contributed by atoms with Crippen molar-refractivity contribution in [3.8, 4) is 22.4 Å². The van der Waals surface area contributed by atoms with Crippen LogP contribution in [-0.4, -0.2) is 36.1 Å². The van der Waals surface area contributed by atoms with E-state index in [0.29, 0.717) is 31.6 Å². The predicted octanol–water partition coefficient (Wildman–Crippen LogP) is 2.19. The average Bonchev–Trinajstić information content (AvgIpc) is 3.21. The van der Waals surface area contributed by atoms with Gasteiger partial charge in [-0.3, -0.25) is 14.7 Å². The fraction of sp³-hybridized carbons (Fsp3) is 0.350. The molecule has 0 saturated heterocycles. The summed E-state index contributed by atoms with van der Waals surface area (Å²) in [5, 5.41) is 16.9. The van der Waals surface area contributed by atoms with Gasteiger partial charge in [0.1, 0.15) is 11.5 Å². The normalized spacial score (nSPS) is 10.9. The quantitative estimate of drug-likeness (QED) is 0.237. The summed E-state index contributed by atoms with van der Waals surface area (Å²) in [6.07, 6.45) is 5.36. The summed E-state index contributed by atoms with van der Waals surface area (Å²) in [7, 11) is 0. The molecule has 0 aliphatic carbocycles. The maximum absolute atomic E-state index is 11.0. The lowest BCUT2D eigenvalue weighted by Gasteiger charge is -2.11. The molecule has 1 aromatic carbocycles. The molecule has 0 fully saturated rings. The molecular formula is C20H26N8O2. The highest BCUT2D eigenvalue weighted by Crippen LogP contribution is 2.30. The van der Waals surface area contributed by atoms with Gasteiger partial charge in [0.05, 0.1) is 11.9 Å². The molecule has 0 saturated carbocycles. The lowest BCUT2D eigenvalue weighted by Crippen LogP contribution is -2.17. The first-order chi connectivity index (χ1) is 14.5. The molecule has 1 amide bonds. The minimum atomic E-state index is -0.361. The average molecular weight is 410 g/mol. The fourth-order valence-electron chi connectivity index (χ4n) is 3.26. The molecule has 0 atom stereocenters. The summed E-state index contributed by atoms with van der Waals surface area (Å²) in [4.78, 5) is 19.4. The molecule has 0 unspecified atom stereocenters. The van der Waals surface area contributed by atoms with Crippen molar-refractivity contribution >= 4 is 17.7 Å². The van der Waals surface area contributed by atoms with Gasteiger partial charge in [-0.2, -0.15) is 4.98 Å². The number of amides is 1. The van der Waals surface area contributed by atoms with E-state index in [0.717, 1.165) is 40.9 Å². The van der Waals surface area contributed by atoms with E-state index in [-0.39, 0.29) is 11.9 Å². The number of carbonyl (C=O) groups is 1. The van der Waals surface area contributed by atoms with Gasteiger partial charge in [-0.15, -0.1) is 5.10 Å². The lowest BCUT2D eigenvalue weighted by molar-refractivity contribution is -0.129. The highest BCUT2D eigenvalue weighted by Gasteiger charge is 2.13. The van der Waals surface area contributed by atoms with Gasteiger partial charge in [-0.25, -0.2) is 10.5 Å². The number of nitrogens with zero attached hydrogens (tertiary/aromatic N) is 5. The zero-order valence-corrected chi connectivity index (χ0v) is 16.9. The van der Waals surface area contributed by atoms with Crippen molar-refractivity contribution in [1.29, 1.82) is 0 Å². The molecule has 10 heteroatoms. The number of rotatable bonds is 9. The summed E-state index contributed by atoms with van der Waals surface area (Å²) >= 11 is 0. The van der Waals surface area contributed by atoms with Gasteiger partial charge >= 0.3 is 0 Å². The van der Waals surface area contributed by atoms with E-state index in [1.54, 1.807) is 10.2 Å². The highest BCUT2D eigenvalue weighted by atomic mass is 16.5. The van der Waals surface area contributed by atoms with E-state index in [2.05, 4.69) is 20.3 Å². The number of aryl methyl sites for hydroxylation is 2. The van der Waals surface area contributed by atoms with Gasteiger partial charge in [0.15, 0.2) is 0 Å². The van der Waals surface area contributed by atoms with E-state index >= 15 is 0 Å². The summed E-state index contributed by atoms with van der Waals surface area (Å²) < 4.78 is 1.79. The second-order valence-corrected chi connectivity index (χ2v) is 6.93. The molecule has 2 aromatic heterocycles. The number of nitrogen functional groups attached to an aromatic ring is 2. The molecule has 0 radical (unpaired) electrons. The van der Waals surface area contributed by atoms with Crippen molar-refractivity contribution in [2.24, 2.45) is 0 Å². The zero-order chi connectivity index (χ0) is 21.5. The van der Waals surface area contributed by atoms with Gasteiger partial charge in [-0.05, 0) is 24.8 Å². The molecule has 0 spiro atoms. The van der Waals surface area contributed by atoms with E-state index in [9.17, 15) is 4.79 Å². The Balaban J connectivity index is 1.64. The van der Waals surface area contributed by atoms with Crippen LogP contribution in [0.4, 0.5) is 11.8 Å². The monoisotopic (exact) mass is 410 g/mol. The molecule has 2 heterocycles. The van der Waals surface area contributed by atoms with Gasteiger partial charge in [0.2, 0.25) is 11.9 Å². The van der Waals surface area contributed by atoms with Crippen LogP contribution in [0.25, 0.3) is 22.4 Å². The molecule has 30 heavy (non-hydrogen) atoms. The van der Waals surface area contributed by atoms with Crippen molar-refractivity contribution in [1.82, 2.24) is 30.4 Å². The van der Waals surface area contributed by atoms with Crippen molar-refractivity contribution in [2.75, 3.05) is 11.5 Å². The van der Waals surface area contributed by atoms with Gasteiger partial charge < -0.3 is 11.5 Å². The van der Waals surface area contributed by atoms with Crippen molar-refractivity contribution in [3.05, 3.63) is 36.2 Å². The zero-order valence-electron chi connectivity index (χ0n) is 16.9. The van der Waals surface area contributed by atoms with Crippen molar-refractivity contribution in [2.45, 2.75) is 45.6 Å². The SMILES string of the molecule is CCc1nc(N)nc(N)c1-c1ccc(-c2cn(CCCCCC(=O)NO)nn2)cc1. The lowest BCUT2D eigenvalue weighted by atomic mass is 10.0. The molecule has 158 valence electrons. The van der Waals surface area contributed by atoms with Crippen LogP contribution in [0.1, 0.15) is 38.3 Å². The first-order valence-electron chi connectivity index (χ1n) is 9.87. The maximum atomic E-state index is 11.0. The summed E-state index contributed by atoms with van der Waals surface area (Å²) in [5.41, 5.74) is 17.7. The van der Waals surface area contributed by atoms with Crippen LogP contribution >= 0.6 is 0 Å². The van der Waals surface area contributed by atoms with Crippen LogP contribution in [0, 0.1) is 0 Å². The number of aromatic nitrogens is 5. The second-order valence-electron chi connectivity index (χ2n) is 6.93. The third kappa shape index (κ3) is 5.09. The number of hydroxylamine groups is 1. The maximum Gasteiger partial charge on any atom is 0.243 e. The molecular weight excluding hydrogens is 384 g/mol. The number of anilines is 2. The number of hydrogen-bond acceptors (Lipinski definition) is 8. The van der Waals surface area contributed by atoms with Crippen LogP contribution in [0.15, 0.2) is 30.5 Å². The molecule has 0 aliphatic heterocycles. The van der Waals surface area contributed by atoms with E-state index in [1.807, 2.05) is 37.4 Å². The molecule has 0 bridgehead atoms. The van der Waals surface area contributed by atoms with Crippen LogP contribution < -0.4 is 16.9 Å². The predicted molar refractivity (Wildman–Crippen MR) is 113 cm³/mol. The van der Waals surface area contributed by atoms with Crippen molar-refractivity contribution in [3.63, 3.8) is 0 Å². The number of nitrogens with one attached hydrogen (secondary N) is 1. The summed E-state index contributed by atoms with van der Waals surface area (Å²) in [5.74, 6) is 0.187. The number of carbonyl (C=O) groups excluding carboxylic acids is 1. The Morgan fingerprint density at radius 1 is 1.10 bits per heavy atom. The Kier molecular flexibility index (Phi) is 6.91. The first-order valence-corrected chi connectivity index (χ1v) is 9.87. The minimum absolute atomic E-state index is 0.179. The Morgan fingerprint density at radius 3 is 2.53 bits per heavy atom. The Bertz CT molecular complexity index is 1000. The van der Waals surface area contributed by atoms with Gasteiger partial charge in [-0.1, -0.05) is 42.8 Å². The third-order valence-corrected chi connectivity index (χ3v) is 4.79. The first kappa shape index (κ1) is 21.2. The number of unbranched alkanes of at least 4 members (excludes halogenated alkanes) is 2. The molecule has 3 rings (SSSR count). The molecule has 0 aliphatic rings. The Morgan fingerprint density at radius 2 is 1.83 bits per heavy atom. The third-order valence-electron chi connectivity index (χ3n) is 4.79. The standard InChI is InChI=1S/C20H26N8O2/c1-2-15-18(19(21)24-20(22)23-15)14-9-7-13(8-10-14)16-12-28(27-25-16)11-5-3-4-6-17(29)26-30/h7-10,12,30H,2-6,11H2,1H3,(H,26,29)(H4,21,22,23,24). The Labute approximate surface area is 174 Å². The number of benzene rings is 1. The van der Waals surface area contributed by atoms with Gasteiger partial charge in [0.25, 0.3) is 0 Å². The Hall–Kier alpha value is -3.53. The molecule has 10 nitrogen and oxygen atoms in total. The number of nitrogens with two attached hydrogens (primary N) is 2. The van der Waals surface area contributed by atoms with E-state index < -0.39 is 0 Å². The molecule has 6 N–H and O–H groups in total. The summed E-state index contributed by atoms with van der Waals surface area (Å²) in [6.45, 7) is 2.71.